The lowest BCUT2D eigenvalue weighted by Gasteiger charge is -2.11. The number of rotatable bonds is 9. The van der Waals surface area contributed by atoms with Crippen LogP contribution in [0.5, 0.6) is 0 Å². The molecule has 0 unspecified atom stereocenters. The molecule has 7 heteroatoms. The second-order valence-electron chi connectivity index (χ2n) is 4.99. The fraction of sp³-hybridized carbons (Fsp3) is 0.769. The van der Waals surface area contributed by atoms with Crippen LogP contribution >= 0.6 is 23.5 Å². The summed E-state index contributed by atoms with van der Waals surface area (Å²) in [5.41, 5.74) is 0. The second-order valence-corrected chi connectivity index (χ2v) is 6.63. The van der Waals surface area contributed by atoms with Crippen molar-refractivity contribution in [1.29, 1.82) is 0 Å². The molecule has 0 bridgehead atoms. The molecule has 1 rings (SSSR count). The van der Waals surface area contributed by atoms with Gasteiger partial charge in [-0.25, -0.2) is 0 Å². The van der Waals surface area contributed by atoms with Crippen LogP contribution in [-0.4, -0.2) is 45.5 Å². The lowest BCUT2D eigenvalue weighted by atomic mass is 10.2. The van der Waals surface area contributed by atoms with Gasteiger partial charge in [0.15, 0.2) is 5.16 Å². The molecule has 0 spiro atoms. The van der Waals surface area contributed by atoms with Crippen LogP contribution in [0.4, 0.5) is 0 Å². The maximum absolute atomic E-state index is 11.3. The normalized spacial score (nSPS) is 11.1. The molecule has 0 fully saturated rings. The molecule has 114 valence electrons. The zero-order chi connectivity index (χ0) is 15.0. The Hall–Kier alpha value is -0.690. The number of hydrogen-bond acceptors (Lipinski definition) is 5. The van der Waals surface area contributed by atoms with Crippen molar-refractivity contribution in [2.75, 3.05) is 24.8 Å². The Bertz CT molecular complexity index is 421. The number of hydrogen-bond donors (Lipinski definition) is 1. The number of carbonyl (C=O) groups excluding carboxylic acids is 1. The summed E-state index contributed by atoms with van der Waals surface area (Å²) < 4.78 is 2.19. The molecule has 0 aromatic carbocycles. The molecule has 0 radical (unpaired) electrons. The maximum Gasteiger partial charge on any atom is 0.229 e. The van der Waals surface area contributed by atoms with Gasteiger partial charge in [-0.05, 0) is 24.9 Å². The van der Waals surface area contributed by atoms with Crippen LogP contribution in [0.3, 0.4) is 0 Å². The summed E-state index contributed by atoms with van der Waals surface area (Å²) in [4.78, 5) is 11.3. The Balaban J connectivity index is 2.47. The molecule has 1 N–H and O–H groups in total. The zero-order valence-electron chi connectivity index (χ0n) is 12.7. The van der Waals surface area contributed by atoms with E-state index in [1.807, 2.05) is 12.5 Å². The van der Waals surface area contributed by atoms with E-state index in [0.29, 0.717) is 18.2 Å². The van der Waals surface area contributed by atoms with Crippen molar-refractivity contribution < 1.29 is 4.79 Å². The van der Waals surface area contributed by atoms with Crippen LogP contribution in [0.15, 0.2) is 5.16 Å². The highest BCUT2D eigenvalue weighted by Gasteiger charge is 2.12. The van der Waals surface area contributed by atoms with Crippen molar-refractivity contribution in [2.24, 2.45) is 5.92 Å². The number of aryl methyl sites for hydroxylation is 1. The third kappa shape index (κ3) is 5.75. The zero-order valence-corrected chi connectivity index (χ0v) is 14.3. The second kappa shape index (κ2) is 9.28. The standard InChI is InChI=1S/C13H24N4OS2/c1-10(2)8-17-11(15-16-13(17)20-4)6-5-7-14-12(18)9-19-3/h10H,5-9H2,1-4H3,(H,14,18). The van der Waals surface area contributed by atoms with Crippen molar-refractivity contribution in [1.82, 2.24) is 20.1 Å². The monoisotopic (exact) mass is 316 g/mol. The molecule has 0 saturated heterocycles. The fourth-order valence-electron chi connectivity index (χ4n) is 1.86. The van der Waals surface area contributed by atoms with Gasteiger partial charge in [-0.3, -0.25) is 4.79 Å². The first-order chi connectivity index (χ1) is 9.58. The number of nitrogens with one attached hydrogen (secondary N) is 1. The molecule has 0 aliphatic heterocycles. The maximum atomic E-state index is 11.3. The van der Waals surface area contributed by atoms with Crippen LogP contribution in [0.25, 0.3) is 0 Å². The van der Waals surface area contributed by atoms with E-state index in [1.165, 1.54) is 11.8 Å². The highest BCUT2D eigenvalue weighted by molar-refractivity contribution is 7.99. The minimum Gasteiger partial charge on any atom is -0.355 e. The largest absolute Gasteiger partial charge is 0.355 e. The first-order valence-electron chi connectivity index (χ1n) is 6.80. The van der Waals surface area contributed by atoms with E-state index < -0.39 is 0 Å². The van der Waals surface area contributed by atoms with Gasteiger partial charge in [-0.15, -0.1) is 10.2 Å². The van der Waals surface area contributed by atoms with E-state index in [4.69, 9.17) is 0 Å². The molecule has 0 atom stereocenters. The quantitative estimate of drug-likeness (QED) is 0.558. The van der Waals surface area contributed by atoms with Crippen molar-refractivity contribution in [3.63, 3.8) is 0 Å². The highest BCUT2D eigenvalue weighted by Crippen LogP contribution is 2.16. The molecule has 5 nitrogen and oxygen atoms in total. The van der Waals surface area contributed by atoms with Gasteiger partial charge in [0.1, 0.15) is 5.82 Å². The summed E-state index contributed by atoms with van der Waals surface area (Å²) in [5, 5.41) is 12.4. The number of thioether (sulfide) groups is 2. The number of amides is 1. The summed E-state index contributed by atoms with van der Waals surface area (Å²) in [6.45, 7) is 6.02. The predicted octanol–water partition coefficient (Wildman–Crippen LogP) is 2.07. The molecule has 0 aliphatic rings. The van der Waals surface area contributed by atoms with E-state index in [9.17, 15) is 4.79 Å². The van der Waals surface area contributed by atoms with Crippen molar-refractivity contribution >= 4 is 29.4 Å². The van der Waals surface area contributed by atoms with E-state index in [-0.39, 0.29) is 5.91 Å². The highest BCUT2D eigenvalue weighted by atomic mass is 32.2. The smallest absolute Gasteiger partial charge is 0.229 e. The molecular formula is C13H24N4OS2. The van der Waals surface area contributed by atoms with Crippen molar-refractivity contribution in [3.05, 3.63) is 5.82 Å². The molecule has 1 aromatic heterocycles. The molecule has 1 aromatic rings. The van der Waals surface area contributed by atoms with Gasteiger partial charge in [-0.2, -0.15) is 11.8 Å². The van der Waals surface area contributed by atoms with Crippen molar-refractivity contribution in [3.8, 4) is 0 Å². The first-order valence-corrected chi connectivity index (χ1v) is 9.42. The molecule has 0 saturated carbocycles. The lowest BCUT2D eigenvalue weighted by Crippen LogP contribution is -2.26. The van der Waals surface area contributed by atoms with Crippen LogP contribution in [-0.2, 0) is 17.8 Å². The molecule has 1 heterocycles. The van der Waals surface area contributed by atoms with Crippen LogP contribution in [0.2, 0.25) is 0 Å². The van der Waals surface area contributed by atoms with Gasteiger partial charge < -0.3 is 9.88 Å². The van der Waals surface area contributed by atoms with Gasteiger partial charge in [0.05, 0.1) is 5.75 Å². The molecule has 20 heavy (non-hydrogen) atoms. The number of nitrogens with zero attached hydrogens (tertiary/aromatic N) is 3. The van der Waals surface area contributed by atoms with E-state index in [1.54, 1.807) is 11.8 Å². The summed E-state index contributed by atoms with van der Waals surface area (Å²) in [5.74, 6) is 2.21. The lowest BCUT2D eigenvalue weighted by molar-refractivity contribution is -0.118. The third-order valence-corrected chi connectivity index (χ3v) is 3.92. The van der Waals surface area contributed by atoms with Gasteiger partial charge >= 0.3 is 0 Å². The number of carbonyl (C=O) groups is 1. The molecule has 1 amide bonds. The Kier molecular flexibility index (Phi) is 8.06. The predicted molar refractivity (Wildman–Crippen MR) is 86.4 cm³/mol. The first kappa shape index (κ1) is 17.4. The average Bonchev–Trinajstić information content (AvgIpc) is 2.76. The van der Waals surface area contributed by atoms with Crippen LogP contribution in [0.1, 0.15) is 26.1 Å². The minimum absolute atomic E-state index is 0.103. The Labute approximate surface area is 129 Å². The summed E-state index contributed by atoms with van der Waals surface area (Å²) in [7, 11) is 0. The Morgan fingerprint density at radius 2 is 2.10 bits per heavy atom. The Morgan fingerprint density at radius 3 is 2.70 bits per heavy atom. The average molecular weight is 316 g/mol. The van der Waals surface area contributed by atoms with Crippen LogP contribution < -0.4 is 5.32 Å². The van der Waals surface area contributed by atoms with Gasteiger partial charge in [0.2, 0.25) is 5.91 Å². The van der Waals surface area contributed by atoms with Crippen LogP contribution in [0, 0.1) is 5.92 Å². The van der Waals surface area contributed by atoms with E-state index in [0.717, 1.165) is 30.4 Å². The van der Waals surface area contributed by atoms with Crippen molar-refractivity contribution in [2.45, 2.75) is 38.4 Å². The van der Waals surface area contributed by atoms with Gasteiger partial charge in [-0.1, -0.05) is 25.6 Å². The summed E-state index contributed by atoms with van der Waals surface area (Å²) in [6.07, 6.45) is 5.69. The summed E-state index contributed by atoms with van der Waals surface area (Å²) >= 11 is 3.16. The number of aromatic nitrogens is 3. The topological polar surface area (TPSA) is 59.8 Å². The van der Waals surface area contributed by atoms with Gasteiger partial charge in [0, 0.05) is 19.5 Å². The molecule has 0 aliphatic carbocycles. The summed E-state index contributed by atoms with van der Waals surface area (Å²) in [6, 6.07) is 0. The molecular weight excluding hydrogens is 292 g/mol. The third-order valence-electron chi connectivity index (χ3n) is 2.70. The fourth-order valence-corrected chi connectivity index (χ4v) is 2.75. The SMILES string of the molecule is CSCC(=O)NCCCc1nnc(SC)n1CC(C)C. The Morgan fingerprint density at radius 1 is 1.35 bits per heavy atom. The van der Waals surface area contributed by atoms with E-state index in [2.05, 4.69) is 33.9 Å². The minimum atomic E-state index is 0.103. The van der Waals surface area contributed by atoms with Gasteiger partial charge in [0.25, 0.3) is 0 Å². The van der Waals surface area contributed by atoms with E-state index >= 15 is 0 Å².